The Morgan fingerprint density at radius 1 is 1.25 bits per heavy atom. The molecule has 0 unspecified atom stereocenters. The van der Waals surface area contributed by atoms with Gasteiger partial charge in [0.2, 0.25) is 0 Å². The lowest BCUT2D eigenvalue weighted by molar-refractivity contribution is 0.128. The van der Waals surface area contributed by atoms with Gasteiger partial charge in [-0.25, -0.2) is 4.79 Å². The van der Waals surface area contributed by atoms with E-state index in [1.807, 2.05) is 39.0 Å². The Hall–Kier alpha value is -1.02. The zero-order valence-electron chi connectivity index (χ0n) is 10.3. The number of hydrogen-bond donors (Lipinski definition) is 0. The Bertz CT molecular complexity index is 301. The molecule has 0 spiro atoms. The summed E-state index contributed by atoms with van der Waals surface area (Å²) in [6.07, 6.45) is 0. The van der Waals surface area contributed by atoms with Gasteiger partial charge in [0.1, 0.15) is 0 Å². The summed E-state index contributed by atoms with van der Waals surface area (Å²) in [7, 11) is 0. The van der Waals surface area contributed by atoms with Crippen molar-refractivity contribution in [2.75, 3.05) is 6.61 Å². The molecular weight excluding hydrogens is 224 g/mol. The highest BCUT2D eigenvalue weighted by Gasteiger charge is 2.11. The number of halogens is 1. The Kier molecular flexibility index (Phi) is 6.82. The zero-order valence-corrected chi connectivity index (χ0v) is 11.0. The van der Waals surface area contributed by atoms with E-state index in [0.717, 1.165) is 0 Å². The first kappa shape index (κ1) is 15.0. The monoisotopic (exact) mass is 242 g/mol. The number of aryl methyl sites for hydroxylation is 1. The van der Waals surface area contributed by atoms with Crippen molar-refractivity contribution in [3.8, 4) is 0 Å². The number of ether oxygens (including phenoxy) is 1. The van der Waals surface area contributed by atoms with Crippen molar-refractivity contribution in [1.82, 2.24) is 0 Å². The van der Waals surface area contributed by atoms with Gasteiger partial charge in [0.15, 0.2) is 0 Å². The van der Waals surface area contributed by atoms with Gasteiger partial charge in [-0.3, -0.25) is 0 Å². The molecule has 0 aliphatic rings. The second-order valence-corrected chi connectivity index (χ2v) is 5.05. The summed E-state index contributed by atoms with van der Waals surface area (Å²) in [5, 5.41) is 0. The predicted molar refractivity (Wildman–Crippen MR) is 67.8 cm³/mol. The molecule has 0 heterocycles. The quantitative estimate of drug-likeness (QED) is 0.682. The molecule has 0 aliphatic carbocycles. The molecule has 0 amide bonds. The molecule has 0 radical (unpaired) electrons. The van der Waals surface area contributed by atoms with Crippen LogP contribution in [0.15, 0.2) is 30.3 Å². The fourth-order valence-electron chi connectivity index (χ4n) is 0.808. The average Bonchev–Trinajstić information content (AvgIpc) is 2.16. The molecule has 1 rings (SSSR count). The van der Waals surface area contributed by atoms with Gasteiger partial charge in [-0.05, 0) is 12.3 Å². The maximum absolute atomic E-state index is 10.0. The summed E-state index contributed by atoms with van der Waals surface area (Å²) >= 11 is 4.92. The highest BCUT2D eigenvalue weighted by molar-refractivity contribution is 6.61. The molecule has 2 nitrogen and oxygen atoms in total. The number of benzene rings is 1. The molecule has 0 fully saturated rings. The van der Waals surface area contributed by atoms with E-state index in [4.69, 9.17) is 11.6 Å². The molecule has 0 saturated carbocycles. The van der Waals surface area contributed by atoms with Gasteiger partial charge in [-0.15, -0.1) is 0 Å². The average molecular weight is 243 g/mol. The van der Waals surface area contributed by atoms with Crippen LogP contribution in [-0.2, 0) is 4.74 Å². The predicted octanol–water partition coefficient (Wildman–Crippen LogP) is 4.40. The van der Waals surface area contributed by atoms with Gasteiger partial charge in [-0.1, -0.05) is 56.7 Å². The highest BCUT2D eigenvalue weighted by Crippen LogP contribution is 2.13. The van der Waals surface area contributed by atoms with E-state index in [-0.39, 0.29) is 5.41 Å². The van der Waals surface area contributed by atoms with Crippen molar-refractivity contribution < 1.29 is 9.53 Å². The van der Waals surface area contributed by atoms with Crippen molar-refractivity contribution >= 4 is 17.0 Å². The minimum atomic E-state index is -0.732. The van der Waals surface area contributed by atoms with Gasteiger partial charge in [0.05, 0.1) is 6.61 Å². The zero-order chi connectivity index (χ0) is 12.6. The first-order valence-corrected chi connectivity index (χ1v) is 5.53. The third-order valence-corrected chi connectivity index (χ3v) is 1.67. The number of carbonyl (C=O) groups excluding carboxylic acids is 1. The van der Waals surface area contributed by atoms with Crippen LogP contribution in [0.4, 0.5) is 4.79 Å². The van der Waals surface area contributed by atoms with E-state index < -0.39 is 5.43 Å². The third-order valence-electron chi connectivity index (χ3n) is 1.56. The minimum Gasteiger partial charge on any atom is -0.453 e. The Labute approximate surface area is 103 Å². The Morgan fingerprint density at radius 3 is 1.94 bits per heavy atom. The lowest BCUT2D eigenvalue weighted by atomic mass is 9.99. The van der Waals surface area contributed by atoms with Crippen LogP contribution in [0.3, 0.4) is 0 Å². The van der Waals surface area contributed by atoms with Crippen LogP contribution in [0.2, 0.25) is 0 Å². The lowest BCUT2D eigenvalue weighted by Gasteiger charge is -2.15. The summed E-state index contributed by atoms with van der Waals surface area (Å²) in [5.41, 5.74) is 0.595. The molecule has 90 valence electrons. The number of rotatable bonds is 1. The lowest BCUT2D eigenvalue weighted by Crippen LogP contribution is -2.15. The van der Waals surface area contributed by atoms with Gasteiger partial charge >= 0.3 is 5.43 Å². The molecule has 0 aromatic heterocycles. The Morgan fingerprint density at radius 2 is 1.75 bits per heavy atom. The third kappa shape index (κ3) is 11.1. The summed E-state index contributed by atoms with van der Waals surface area (Å²) in [5.74, 6) is 0. The molecular formula is C13H19ClO2. The highest BCUT2D eigenvalue weighted by atomic mass is 35.5. The van der Waals surface area contributed by atoms with Crippen LogP contribution in [0.25, 0.3) is 0 Å². The number of hydrogen-bond acceptors (Lipinski definition) is 2. The van der Waals surface area contributed by atoms with E-state index in [2.05, 4.69) is 23.8 Å². The van der Waals surface area contributed by atoms with Crippen LogP contribution in [0.5, 0.6) is 0 Å². The van der Waals surface area contributed by atoms with Crippen molar-refractivity contribution in [1.29, 1.82) is 0 Å². The molecule has 0 atom stereocenters. The van der Waals surface area contributed by atoms with Gasteiger partial charge in [0.25, 0.3) is 0 Å². The first-order valence-electron chi connectivity index (χ1n) is 5.15. The summed E-state index contributed by atoms with van der Waals surface area (Å²) in [4.78, 5) is 10.0. The second kappa shape index (κ2) is 7.29. The van der Waals surface area contributed by atoms with E-state index in [9.17, 15) is 4.79 Å². The normalized spacial score (nSPS) is 10.1. The SMILES string of the molecule is CC(C)(C)COC(=O)Cl.Cc1ccccc1. The first-order chi connectivity index (χ1) is 7.31. The van der Waals surface area contributed by atoms with E-state index >= 15 is 0 Å². The maximum Gasteiger partial charge on any atom is 0.403 e. The molecule has 0 N–H and O–H groups in total. The largest absolute Gasteiger partial charge is 0.453 e. The molecule has 1 aromatic rings. The summed E-state index contributed by atoms with van der Waals surface area (Å²) < 4.78 is 4.53. The topological polar surface area (TPSA) is 26.3 Å². The van der Waals surface area contributed by atoms with E-state index in [0.29, 0.717) is 6.61 Å². The summed E-state index contributed by atoms with van der Waals surface area (Å²) in [6.45, 7) is 8.35. The summed E-state index contributed by atoms with van der Waals surface area (Å²) in [6, 6.07) is 10.3. The minimum absolute atomic E-state index is 0.00451. The molecule has 0 aliphatic heterocycles. The maximum atomic E-state index is 10.0. The van der Waals surface area contributed by atoms with Crippen LogP contribution >= 0.6 is 11.6 Å². The van der Waals surface area contributed by atoms with Crippen LogP contribution in [0, 0.1) is 12.3 Å². The van der Waals surface area contributed by atoms with Crippen molar-refractivity contribution in [2.24, 2.45) is 5.41 Å². The van der Waals surface area contributed by atoms with Crippen molar-refractivity contribution in [2.45, 2.75) is 27.7 Å². The molecule has 0 saturated heterocycles. The molecule has 3 heteroatoms. The molecule has 16 heavy (non-hydrogen) atoms. The molecule has 1 aromatic carbocycles. The Balaban J connectivity index is 0.000000288. The van der Waals surface area contributed by atoms with E-state index in [1.54, 1.807) is 0 Å². The standard InChI is InChI=1S/C7H8.C6H11ClO2/c1-7-5-3-2-4-6-7;1-6(2,3)4-9-5(7)8/h2-6H,1H3;4H2,1-3H3. The van der Waals surface area contributed by atoms with Gasteiger partial charge in [-0.2, -0.15) is 0 Å². The van der Waals surface area contributed by atoms with Gasteiger partial charge in [0, 0.05) is 11.6 Å². The van der Waals surface area contributed by atoms with E-state index in [1.165, 1.54) is 5.56 Å². The van der Waals surface area contributed by atoms with Crippen molar-refractivity contribution in [3.05, 3.63) is 35.9 Å². The van der Waals surface area contributed by atoms with Crippen LogP contribution < -0.4 is 0 Å². The van der Waals surface area contributed by atoms with Gasteiger partial charge < -0.3 is 4.74 Å². The molecule has 0 bridgehead atoms. The van der Waals surface area contributed by atoms with Crippen molar-refractivity contribution in [3.63, 3.8) is 0 Å². The second-order valence-electron chi connectivity index (χ2n) is 4.74. The van der Waals surface area contributed by atoms with Crippen LogP contribution in [0.1, 0.15) is 26.3 Å². The fourth-order valence-corrected chi connectivity index (χ4v) is 0.862. The van der Waals surface area contributed by atoms with Crippen LogP contribution in [-0.4, -0.2) is 12.0 Å². The number of carbonyl (C=O) groups is 1. The fraction of sp³-hybridized carbons (Fsp3) is 0.462. The smallest absolute Gasteiger partial charge is 0.403 e.